The van der Waals surface area contributed by atoms with Gasteiger partial charge in [-0.1, -0.05) is 28.1 Å². The number of benzene rings is 2. The molecule has 0 atom stereocenters. The molecule has 2 aromatic carbocycles. The van der Waals surface area contributed by atoms with Crippen molar-refractivity contribution in [1.29, 1.82) is 0 Å². The van der Waals surface area contributed by atoms with Crippen LogP contribution < -0.4 is 4.72 Å². The van der Waals surface area contributed by atoms with Gasteiger partial charge < -0.3 is 0 Å². The molecule has 0 aliphatic rings. The molecule has 0 aliphatic carbocycles. The Balaban J connectivity index is 1.55. The van der Waals surface area contributed by atoms with E-state index in [1.54, 1.807) is 24.3 Å². The minimum absolute atomic E-state index is 0.176. The Morgan fingerprint density at radius 3 is 2.65 bits per heavy atom. The van der Waals surface area contributed by atoms with Crippen molar-refractivity contribution in [3.05, 3.63) is 76.0 Å². The summed E-state index contributed by atoms with van der Waals surface area (Å²) in [5.74, 6) is 0.792. The Morgan fingerprint density at radius 2 is 1.92 bits per heavy atom. The lowest BCUT2D eigenvalue weighted by atomic mass is 10.1. The van der Waals surface area contributed by atoms with E-state index in [9.17, 15) is 12.8 Å². The second kappa shape index (κ2) is 8.07. The molecule has 0 fully saturated rings. The molecule has 26 heavy (non-hydrogen) atoms. The van der Waals surface area contributed by atoms with Gasteiger partial charge in [0, 0.05) is 23.9 Å². The van der Waals surface area contributed by atoms with Gasteiger partial charge in [-0.3, -0.25) is 5.10 Å². The van der Waals surface area contributed by atoms with Crippen molar-refractivity contribution in [3.63, 3.8) is 0 Å². The second-order valence-electron chi connectivity index (χ2n) is 5.61. The molecule has 0 saturated heterocycles. The third kappa shape index (κ3) is 4.96. The zero-order valence-corrected chi connectivity index (χ0v) is 16.0. The van der Waals surface area contributed by atoms with Crippen molar-refractivity contribution in [2.24, 2.45) is 0 Å². The number of hydrogen-bond acceptors (Lipinski definition) is 4. The first-order valence-corrected chi connectivity index (χ1v) is 10.1. The molecule has 0 amide bonds. The molecule has 2 N–H and O–H groups in total. The number of halogens is 2. The fourth-order valence-corrected chi connectivity index (χ4v) is 3.66. The van der Waals surface area contributed by atoms with Crippen LogP contribution in [0.25, 0.3) is 0 Å². The minimum Gasteiger partial charge on any atom is -0.263 e. The quantitative estimate of drug-likeness (QED) is 0.593. The summed E-state index contributed by atoms with van der Waals surface area (Å²) in [4.78, 5) is 4.51. The van der Waals surface area contributed by atoms with E-state index in [0.29, 0.717) is 24.5 Å². The van der Waals surface area contributed by atoms with Gasteiger partial charge in [0.15, 0.2) is 5.82 Å². The van der Waals surface area contributed by atoms with Crippen LogP contribution in [0, 0.1) is 5.82 Å². The number of aromatic nitrogens is 3. The highest BCUT2D eigenvalue weighted by Crippen LogP contribution is 2.14. The zero-order chi connectivity index (χ0) is 18.6. The van der Waals surface area contributed by atoms with E-state index in [1.807, 2.05) is 0 Å². The van der Waals surface area contributed by atoms with Gasteiger partial charge in [0.05, 0.1) is 4.90 Å². The summed E-state index contributed by atoms with van der Waals surface area (Å²) in [6.07, 6.45) is 0.769. The molecule has 0 saturated carbocycles. The lowest BCUT2D eigenvalue weighted by molar-refractivity contribution is 0.581. The highest BCUT2D eigenvalue weighted by molar-refractivity contribution is 9.10. The van der Waals surface area contributed by atoms with Gasteiger partial charge in [-0.05, 0) is 42.0 Å². The van der Waals surface area contributed by atoms with E-state index >= 15 is 0 Å². The van der Waals surface area contributed by atoms with E-state index in [2.05, 4.69) is 35.8 Å². The molecule has 3 aromatic rings. The summed E-state index contributed by atoms with van der Waals surface area (Å²) in [5.41, 5.74) is 0.781. The fraction of sp³-hybridized carbons (Fsp3) is 0.176. The number of sulfonamides is 1. The summed E-state index contributed by atoms with van der Waals surface area (Å²) >= 11 is 3.27. The van der Waals surface area contributed by atoms with Crippen LogP contribution >= 0.6 is 15.9 Å². The van der Waals surface area contributed by atoms with Crippen LogP contribution in [-0.2, 0) is 22.9 Å². The smallest absolute Gasteiger partial charge is 0.240 e. The van der Waals surface area contributed by atoms with Crippen LogP contribution in [0.2, 0.25) is 0 Å². The lowest BCUT2D eigenvalue weighted by Crippen LogP contribution is -2.26. The Hall–Kier alpha value is -2.10. The maximum atomic E-state index is 13.2. The number of nitrogens with one attached hydrogen (secondary N) is 2. The van der Waals surface area contributed by atoms with Gasteiger partial charge in [-0.15, -0.1) is 0 Å². The Kier molecular flexibility index (Phi) is 5.80. The molecule has 9 heteroatoms. The van der Waals surface area contributed by atoms with Crippen LogP contribution in [0.5, 0.6) is 0 Å². The Labute approximate surface area is 159 Å². The standard InChI is InChI=1S/C17H16BrFN4O2S/c18-13-4-6-15(7-5-13)26(24,25)20-9-8-16-21-17(23-22-16)11-12-2-1-3-14(19)10-12/h1-7,10,20H,8-9,11H2,(H,21,22,23). The SMILES string of the molecule is O=S(=O)(NCCc1n[nH]c(Cc2cccc(F)c2)n1)c1ccc(Br)cc1. The Morgan fingerprint density at radius 1 is 1.15 bits per heavy atom. The summed E-state index contributed by atoms with van der Waals surface area (Å²) in [7, 11) is -3.57. The molecule has 136 valence electrons. The predicted octanol–water partition coefficient (Wildman–Crippen LogP) is 2.82. The molecule has 0 aliphatic heterocycles. The third-order valence-electron chi connectivity index (χ3n) is 3.60. The van der Waals surface area contributed by atoms with Crippen LogP contribution in [0.15, 0.2) is 57.9 Å². The monoisotopic (exact) mass is 438 g/mol. The average molecular weight is 439 g/mol. The fourth-order valence-electron chi connectivity index (χ4n) is 2.36. The van der Waals surface area contributed by atoms with Gasteiger partial charge in [-0.2, -0.15) is 5.10 Å². The van der Waals surface area contributed by atoms with Crippen LogP contribution in [0.1, 0.15) is 17.2 Å². The van der Waals surface area contributed by atoms with E-state index < -0.39 is 10.0 Å². The molecule has 0 spiro atoms. The minimum atomic E-state index is -3.57. The van der Waals surface area contributed by atoms with Gasteiger partial charge >= 0.3 is 0 Å². The molecule has 1 aromatic heterocycles. The molecular formula is C17H16BrFN4O2S. The maximum absolute atomic E-state index is 13.2. The van der Waals surface area contributed by atoms with Crippen LogP contribution in [0.4, 0.5) is 4.39 Å². The Bertz CT molecular complexity index is 990. The number of hydrogen-bond donors (Lipinski definition) is 2. The molecule has 6 nitrogen and oxygen atoms in total. The molecular weight excluding hydrogens is 423 g/mol. The highest BCUT2D eigenvalue weighted by atomic mass is 79.9. The number of aromatic amines is 1. The topological polar surface area (TPSA) is 87.7 Å². The zero-order valence-electron chi connectivity index (χ0n) is 13.6. The predicted molar refractivity (Wildman–Crippen MR) is 98.6 cm³/mol. The van der Waals surface area contributed by atoms with E-state index in [4.69, 9.17) is 0 Å². The van der Waals surface area contributed by atoms with Gasteiger partial charge in [0.2, 0.25) is 10.0 Å². The van der Waals surface area contributed by atoms with E-state index in [0.717, 1.165) is 10.0 Å². The van der Waals surface area contributed by atoms with Crippen molar-refractivity contribution in [2.45, 2.75) is 17.7 Å². The number of nitrogens with zero attached hydrogens (tertiary/aromatic N) is 2. The van der Waals surface area contributed by atoms with Crippen molar-refractivity contribution in [1.82, 2.24) is 19.9 Å². The van der Waals surface area contributed by atoms with Crippen molar-refractivity contribution < 1.29 is 12.8 Å². The van der Waals surface area contributed by atoms with Crippen molar-refractivity contribution in [2.75, 3.05) is 6.54 Å². The first-order valence-electron chi connectivity index (χ1n) is 7.82. The van der Waals surface area contributed by atoms with Crippen molar-refractivity contribution >= 4 is 26.0 Å². The van der Waals surface area contributed by atoms with Crippen LogP contribution in [-0.4, -0.2) is 30.1 Å². The van der Waals surface area contributed by atoms with Crippen molar-refractivity contribution in [3.8, 4) is 0 Å². The average Bonchev–Trinajstić information content (AvgIpc) is 3.02. The van der Waals surface area contributed by atoms with E-state index in [-0.39, 0.29) is 17.3 Å². The number of H-pyrrole nitrogens is 1. The maximum Gasteiger partial charge on any atom is 0.240 e. The molecule has 0 bridgehead atoms. The first-order chi connectivity index (χ1) is 12.4. The summed E-state index contributed by atoms with van der Waals surface area (Å²) < 4.78 is 40.9. The van der Waals surface area contributed by atoms with Gasteiger partial charge in [0.25, 0.3) is 0 Å². The first kappa shape index (κ1) is 18.7. The van der Waals surface area contributed by atoms with E-state index in [1.165, 1.54) is 24.3 Å². The largest absolute Gasteiger partial charge is 0.263 e. The molecule has 3 rings (SSSR count). The van der Waals surface area contributed by atoms with Gasteiger partial charge in [-0.25, -0.2) is 22.5 Å². The second-order valence-corrected chi connectivity index (χ2v) is 8.29. The summed E-state index contributed by atoms with van der Waals surface area (Å²) in [6.45, 7) is 0.176. The summed E-state index contributed by atoms with van der Waals surface area (Å²) in [6, 6.07) is 12.6. The summed E-state index contributed by atoms with van der Waals surface area (Å²) in [5, 5.41) is 6.86. The third-order valence-corrected chi connectivity index (χ3v) is 5.61. The lowest BCUT2D eigenvalue weighted by Gasteiger charge is -2.05. The molecule has 0 radical (unpaired) electrons. The normalized spacial score (nSPS) is 11.6. The highest BCUT2D eigenvalue weighted by Gasteiger charge is 2.13. The van der Waals surface area contributed by atoms with Gasteiger partial charge in [0.1, 0.15) is 11.6 Å². The molecule has 0 unspecified atom stereocenters. The number of rotatable bonds is 7. The van der Waals surface area contributed by atoms with Crippen LogP contribution in [0.3, 0.4) is 0 Å². The molecule has 1 heterocycles.